The van der Waals surface area contributed by atoms with Gasteiger partial charge in [-0.25, -0.2) is 13.2 Å². The Kier molecular flexibility index (Phi) is 7.45. The highest BCUT2D eigenvalue weighted by molar-refractivity contribution is 7.91. The molecule has 0 saturated carbocycles. The van der Waals surface area contributed by atoms with Crippen LogP contribution >= 0.6 is 0 Å². The van der Waals surface area contributed by atoms with Gasteiger partial charge in [0, 0.05) is 30.8 Å². The highest BCUT2D eigenvalue weighted by Crippen LogP contribution is 2.33. The van der Waals surface area contributed by atoms with Crippen LogP contribution in [0, 0.1) is 5.92 Å². The summed E-state index contributed by atoms with van der Waals surface area (Å²) in [5.74, 6) is 0.748. The lowest BCUT2D eigenvalue weighted by atomic mass is 9.90. The molecule has 3 rings (SSSR count). The van der Waals surface area contributed by atoms with Gasteiger partial charge in [0.1, 0.15) is 0 Å². The molecule has 1 aromatic heterocycles. The van der Waals surface area contributed by atoms with Crippen LogP contribution in [-0.4, -0.2) is 66.9 Å². The molecule has 0 radical (unpaired) electrons. The predicted molar refractivity (Wildman–Crippen MR) is 126 cm³/mol. The molecule has 2 heterocycles. The number of rotatable bonds is 7. The quantitative estimate of drug-likeness (QED) is 0.543. The molecule has 2 aromatic rings. The zero-order chi connectivity index (χ0) is 24.4. The van der Waals surface area contributed by atoms with Crippen molar-refractivity contribution in [2.45, 2.75) is 50.3 Å². The zero-order valence-corrected chi connectivity index (χ0v) is 20.3. The monoisotopic (exact) mass is 479 g/mol. The summed E-state index contributed by atoms with van der Waals surface area (Å²) >= 11 is 0. The number of carboxylic acid groups (broad SMARTS) is 1. The van der Waals surface area contributed by atoms with Crippen molar-refractivity contribution in [3.8, 4) is 11.5 Å². The molecule has 1 fully saturated rings. The van der Waals surface area contributed by atoms with Crippen LogP contribution in [0.2, 0.25) is 0 Å². The molecule has 4 N–H and O–H groups in total. The third kappa shape index (κ3) is 5.90. The molecule has 1 amide bonds. The van der Waals surface area contributed by atoms with E-state index in [9.17, 15) is 18.3 Å². The average molecular weight is 480 g/mol. The fourth-order valence-corrected chi connectivity index (χ4v) is 5.34. The maximum absolute atomic E-state index is 12.3. The van der Waals surface area contributed by atoms with Crippen molar-refractivity contribution in [3.05, 3.63) is 30.1 Å². The lowest BCUT2D eigenvalue weighted by Gasteiger charge is -2.36. The van der Waals surface area contributed by atoms with E-state index in [-0.39, 0.29) is 36.4 Å². The number of anilines is 1. The summed E-state index contributed by atoms with van der Waals surface area (Å²) in [5, 5.41) is 16.6. The van der Waals surface area contributed by atoms with Crippen LogP contribution in [0.15, 0.2) is 28.8 Å². The molecule has 0 bridgehead atoms. The van der Waals surface area contributed by atoms with Crippen molar-refractivity contribution >= 4 is 21.6 Å². The topological polar surface area (TPSA) is 152 Å². The normalized spacial score (nSPS) is 20.4. The van der Waals surface area contributed by atoms with Crippen LogP contribution in [0.4, 0.5) is 10.5 Å². The van der Waals surface area contributed by atoms with Gasteiger partial charge in [-0.1, -0.05) is 38.1 Å². The first-order valence-corrected chi connectivity index (χ1v) is 12.9. The molecule has 1 saturated heterocycles. The van der Waals surface area contributed by atoms with E-state index in [1.807, 2.05) is 20.8 Å². The van der Waals surface area contributed by atoms with E-state index in [1.165, 1.54) is 11.2 Å². The van der Waals surface area contributed by atoms with Crippen LogP contribution in [0.3, 0.4) is 0 Å². The Morgan fingerprint density at radius 3 is 2.64 bits per heavy atom. The smallest absolute Gasteiger partial charge is 0.411 e. The number of aromatic nitrogens is 2. The Morgan fingerprint density at radius 1 is 1.36 bits per heavy atom. The van der Waals surface area contributed by atoms with E-state index in [4.69, 9.17) is 10.3 Å². The molecular formula is C22H33N5O5S. The van der Waals surface area contributed by atoms with Crippen LogP contribution < -0.4 is 16.0 Å². The second kappa shape index (κ2) is 9.78. The first kappa shape index (κ1) is 25.1. The van der Waals surface area contributed by atoms with Crippen molar-refractivity contribution in [2.24, 2.45) is 11.7 Å². The third-order valence-electron chi connectivity index (χ3n) is 5.97. The summed E-state index contributed by atoms with van der Waals surface area (Å²) in [7, 11) is -3.33. The maximum atomic E-state index is 12.3. The summed E-state index contributed by atoms with van der Waals surface area (Å²) < 4.78 is 29.8. The number of hydrogen-bond acceptors (Lipinski definition) is 8. The molecule has 1 aliphatic heterocycles. The molecule has 10 nitrogen and oxygen atoms in total. The number of nitrogens with two attached hydrogens (primary N) is 1. The zero-order valence-electron chi connectivity index (χ0n) is 19.5. The van der Waals surface area contributed by atoms with E-state index in [2.05, 4.69) is 15.5 Å². The van der Waals surface area contributed by atoms with Crippen molar-refractivity contribution in [1.82, 2.24) is 15.5 Å². The third-order valence-corrected chi connectivity index (χ3v) is 7.59. The van der Waals surface area contributed by atoms with Crippen LogP contribution in [0.25, 0.3) is 11.5 Å². The Morgan fingerprint density at radius 2 is 2.06 bits per heavy atom. The summed E-state index contributed by atoms with van der Waals surface area (Å²) in [6.45, 7) is 6.73. The second-order valence-electron chi connectivity index (χ2n) is 9.64. The highest BCUT2D eigenvalue weighted by Gasteiger charge is 2.35. The summed E-state index contributed by atoms with van der Waals surface area (Å²) in [4.78, 5) is 18.0. The van der Waals surface area contributed by atoms with Crippen molar-refractivity contribution in [2.75, 3.05) is 30.8 Å². The van der Waals surface area contributed by atoms with Gasteiger partial charge >= 0.3 is 6.09 Å². The van der Waals surface area contributed by atoms with Gasteiger partial charge in [-0.05, 0) is 37.4 Å². The van der Waals surface area contributed by atoms with E-state index in [1.54, 1.807) is 24.3 Å². The van der Waals surface area contributed by atoms with E-state index in [0.717, 1.165) is 6.42 Å². The number of para-hydroxylation sites is 1. The number of nitrogens with zero attached hydrogens (tertiary/aromatic N) is 3. The fraction of sp³-hybridized carbons (Fsp3) is 0.591. The van der Waals surface area contributed by atoms with Gasteiger partial charge in [0.05, 0.1) is 16.5 Å². The average Bonchev–Trinajstić information content (AvgIpc) is 3.22. The van der Waals surface area contributed by atoms with Crippen LogP contribution in [0.5, 0.6) is 0 Å². The lowest BCUT2D eigenvalue weighted by molar-refractivity contribution is 0.198. The number of nitrogens with one attached hydrogen (secondary N) is 1. The van der Waals surface area contributed by atoms with Crippen LogP contribution in [0.1, 0.15) is 39.4 Å². The number of benzene rings is 1. The lowest BCUT2D eigenvalue weighted by Crippen LogP contribution is -2.53. The van der Waals surface area contributed by atoms with E-state index < -0.39 is 21.2 Å². The van der Waals surface area contributed by atoms with Gasteiger partial charge in [-0.3, -0.25) is 4.90 Å². The predicted octanol–water partition coefficient (Wildman–Crippen LogP) is 2.26. The van der Waals surface area contributed by atoms with Gasteiger partial charge in [0.2, 0.25) is 0 Å². The molecule has 0 aliphatic carbocycles. The molecule has 11 heteroatoms. The molecule has 1 aromatic carbocycles. The molecule has 3 unspecified atom stereocenters. The summed E-state index contributed by atoms with van der Waals surface area (Å²) in [5.41, 5.74) is 6.41. The number of sulfone groups is 1. The van der Waals surface area contributed by atoms with E-state index in [0.29, 0.717) is 30.0 Å². The highest BCUT2D eigenvalue weighted by atomic mass is 32.2. The maximum Gasteiger partial charge on any atom is 0.411 e. The number of hydrogen-bond donors (Lipinski definition) is 3. The number of amides is 1. The fourth-order valence-electron chi connectivity index (χ4n) is 4.18. The van der Waals surface area contributed by atoms with Gasteiger partial charge in [0.15, 0.2) is 15.7 Å². The molecule has 1 aliphatic rings. The Balaban J connectivity index is 1.87. The van der Waals surface area contributed by atoms with Crippen molar-refractivity contribution < 1.29 is 22.8 Å². The molecule has 3 atom stereocenters. The largest absolute Gasteiger partial charge is 0.465 e. The minimum absolute atomic E-state index is 0.0158. The summed E-state index contributed by atoms with van der Waals surface area (Å²) in [6, 6.07) is 6.69. The van der Waals surface area contributed by atoms with Gasteiger partial charge in [-0.15, -0.1) is 0 Å². The number of carbonyl (C=O) groups is 1. The minimum atomic E-state index is -3.33. The molecular weight excluding hydrogens is 446 g/mol. The van der Waals surface area contributed by atoms with Gasteiger partial charge < -0.3 is 20.7 Å². The molecule has 182 valence electrons. The second-order valence-corrected chi connectivity index (χ2v) is 11.9. The first-order valence-electron chi connectivity index (χ1n) is 11.0. The van der Waals surface area contributed by atoms with Gasteiger partial charge in [0.25, 0.3) is 5.89 Å². The SMILES string of the molecule is CC(C)(C)c1noc(-c2ccccc2N(CC2CCNC(C(CN)S(C)(=O)=O)C2)C(=O)O)n1. The van der Waals surface area contributed by atoms with Crippen molar-refractivity contribution in [3.63, 3.8) is 0 Å². The Bertz CT molecular complexity index is 1080. The van der Waals surface area contributed by atoms with Crippen molar-refractivity contribution in [1.29, 1.82) is 0 Å². The van der Waals surface area contributed by atoms with Gasteiger partial charge in [-0.2, -0.15) is 4.98 Å². The van der Waals surface area contributed by atoms with Crippen LogP contribution in [-0.2, 0) is 15.3 Å². The Labute approximate surface area is 194 Å². The van der Waals surface area contributed by atoms with E-state index >= 15 is 0 Å². The molecule has 0 spiro atoms. The minimum Gasteiger partial charge on any atom is -0.465 e. The summed E-state index contributed by atoms with van der Waals surface area (Å²) in [6.07, 6.45) is 1.31. The number of piperidine rings is 1. The Hall–Kier alpha value is -2.50. The first-order chi connectivity index (χ1) is 15.4. The standard InChI is InChI=1S/C22H33N5O5S/c1-22(2,3)20-25-19(32-26-20)15-7-5-6-8-17(15)27(21(28)29)13-14-9-10-24-16(11-14)18(12-23)33(4,30)31/h5-8,14,16,18,24H,9-13,23H2,1-4H3,(H,28,29). The molecule has 33 heavy (non-hydrogen) atoms.